The molecule has 0 heterocycles. The third-order valence-electron chi connectivity index (χ3n) is 5.24. The van der Waals surface area contributed by atoms with E-state index in [-0.39, 0.29) is 22.4 Å². The van der Waals surface area contributed by atoms with E-state index in [0.29, 0.717) is 22.0 Å². The lowest BCUT2D eigenvalue weighted by Gasteiger charge is -2.20. The smallest absolute Gasteiger partial charge is 0.264 e. The summed E-state index contributed by atoms with van der Waals surface area (Å²) in [5, 5.41) is 6.05. The Hall–Kier alpha value is -3.36. The van der Waals surface area contributed by atoms with E-state index in [1.165, 1.54) is 31.3 Å². The molecule has 3 aromatic rings. The molecule has 0 spiro atoms. The maximum absolute atomic E-state index is 13.1. The SMILES string of the molecule is CN(c1cccc(Cl)c1)S(=O)(=O)c1cccc(C(=O)Nc2ccc(C(=O)NC3CC3)cc2)c1. The number of nitrogens with zero attached hydrogens (tertiary/aromatic N) is 1. The summed E-state index contributed by atoms with van der Waals surface area (Å²) in [6.45, 7) is 0. The Labute approximate surface area is 197 Å². The second kappa shape index (κ2) is 9.25. The zero-order valence-electron chi connectivity index (χ0n) is 17.8. The standard InChI is InChI=1S/C24H22ClN3O4S/c1-28(21-6-3-5-18(25)15-21)33(31,32)22-7-2-4-17(14-22)24(30)27-19-10-8-16(9-11-19)23(29)26-20-12-13-20/h2-11,14-15,20H,12-13H2,1H3,(H,26,29)(H,27,30). The van der Waals surface area contributed by atoms with Crippen molar-refractivity contribution in [1.82, 2.24) is 5.32 Å². The number of carbonyl (C=O) groups excluding carboxylic acids is 2. The Morgan fingerprint density at radius 2 is 1.61 bits per heavy atom. The van der Waals surface area contributed by atoms with Gasteiger partial charge in [-0.25, -0.2) is 8.42 Å². The summed E-state index contributed by atoms with van der Waals surface area (Å²) in [6, 6.07) is 19.1. The van der Waals surface area contributed by atoms with Gasteiger partial charge in [-0.15, -0.1) is 0 Å². The number of anilines is 2. The number of carbonyl (C=O) groups is 2. The predicted molar refractivity (Wildman–Crippen MR) is 128 cm³/mol. The number of nitrogens with one attached hydrogen (secondary N) is 2. The minimum absolute atomic E-state index is 0.0234. The van der Waals surface area contributed by atoms with E-state index in [9.17, 15) is 18.0 Å². The van der Waals surface area contributed by atoms with E-state index in [4.69, 9.17) is 11.6 Å². The summed E-state index contributed by atoms with van der Waals surface area (Å²) >= 11 is 5.98. The van der Waals surface area contributed by atoms with E-state index < -0.39 is 15.9 Å². The van der Waals surface area contributed by atoms with Gasteiger partial charge in [0.05, 0.1) is 10.6 Å². The number of rotatable bonds is 7. The molecule has 7 nitrogen and oxygen atoms in total. The summed E-state index contributed by atoms with van der Waals surface area (Å²) in [7, 11) is -2.48. The first-order valence-corrected chi connectivity index (χ1v) is 12.1. The molecule has 1 aliphatic rings. The average molecular weight is 484 g/mol. The molecule has 1 aliphatic carbocycles. The average Bonchev–Trinajstić information content (AvgIpc) is 3.63. The molecule has 3 aromatic carbocycles. The van der Waals surface area contributed by atoms with Crippen LogP contribution in [0.15, 0.2) is 77.7 Å². The molecule has 0 atom stereocenters. The zero-order valence-corrected chi connectivity index (χ0v) is 19.4. The molecule has 4 rings (SSSR count). The van der Waals surface area contributed by atoms with Gasteiger partial charge in [0.15, 0.2) is 0 Å². The van der Waals surface area contributed by atoms with Crippen LogP contribution in [0.25, 0.3) is 0 Å². The Morgan fingerprint density at radius 1 is 0.909 bits per heavy atom. The van der Waals surface area contributed by atoms with Gasteiger partial charge in [0.2, 0.25) is 0 Å². The molecule has 1 fully saturated rings. The zero-order chi connectivity index (χ0) is 23.6. The highest BCUT2D eigenvalue weighted by molar-refractivity contribution is 7.92. The molecule has 0 radical (unpaired) electrons. The summed E-state index contributed by atoms with van der Waals surface area (Å²) < 4.78 is 27.3. The second-order valence-corrected chi connectivity index (χ2v) is 10.2. The fourth-order valence-corrected chi connectivity index (χ4v) is 4.59. The van der Waals surface area contributed by atoms with Gasteiger partial charge in [-0.2, -0.15) is 0 Å². The van der Waals surface area contributed by atoms with Crippen LogP contribution in [0.4, 0.5) is 11.4 Å². The molecule has 33 heavy (non-hydrogen) atoms. The number of benzene rings is 3. The first-order valence-electron chi connectivity index (χ1n) is 10.3. The Morgan fingerprint density at radius 3 is 2.27 bits per heavy atom. The topological polar surface area (TPSA) is 95.6 Å². The molecule has 0 aliphatic heterocycles. The Kier molecular flexibility index (Phi) is 6.40. The van der Waals surface area contributed by atoms with Gasteiger partial charge < -0.3 is 10.6 Å². The van der Waals surface area contributed by atoms with Crippen LogP contribution in [0.2, 0.25) is 5.02 Å². The lowest BCUT2D eigenvalue weighted by molar-refractivity contribution is 0.0950. The van der Waals surface area contributed by atoms with E-state index in [0.717, 1.165) is 17.1 Å². The second-order valence-electron chi connectivity index (χ2n) is 7.76. The van der Waals surface area contributed by atoms with Gasteiger partial charge in [0.1, 0.15) is 0 Å². The van der Waals surface area contributed by atoms with Crippen LogP contribution in [0.3, 0.4) is 0 Å². The van der Waals surface area contributed by atoms with Gasteiger partial charge in [0, 0.05) is 34.9 Å². The molecule has 0 saturated heterocycles. The molecular weight excluding hydrogens is 462 g/mol. The number of halogens is 1. The van der Waals surface area contributed by atoms with Crippen LogP contribution in [0, 0.1) is 0 Å². The predicted octanol–water partition coefficient (Wildman–Crippen LogP) is 4.31. The monoisotopic (exact) mass is 483 g/mol. The molecular formula is C24H22ClN3O4S. The highest BCUT2D eigenvalue weighted by Crippen LogP contribution is 2.25. The first-order chi connectivity index (χ1) is 15.7. The molecule has 9 heteroatoms. The van der Waals surface area contributed by atoms with Crippen LogP contribution in [-0.2, 0) is 10.0 Å². The molecule has 0 unspecified atom stereocenters. The quantitative estimate of drug-likeness (QED) is 0.523. The highest BCUT2D eigenvalue weighted by atomic mass is 35.5. The van der Waals surface area contributed by atoms with Gasteiger partial charge in [-0.1, -0.05) is 23.7 Å². The normalized spacial score (nSPS) is 13.3. The van der Waals surface area contributed by atoms with E-state index in [2.05, 4.69) is 10.6 Å². The third-order valence-corrected chi connectivity index (χ3v) is 7.26. The van der Waals surface area contributed by atoms with Crippen molar-refractivity contribution in [3.63, 3.8) is 0 Å². The van der Waals surface area contributed by atoms with Gasteiger partial charge in [-0.05, 0) is 73.5 Å². The van der Waals surface area contributed by atoms with E-state index >= 15 is 0 Å². The third kappa shape index (κ3) is 5.35. The fourth-order valence-electron chi connectivity index (χ4n) is 3.17. The maximum Gasteiger partial charge on any atom is 0.264 e. The molecule has 2 amide bonds. The molecule has 0 aromatic heterocycles. The van der Waals surface area contributed by atoms with Crippen molar-refractivity contribution in [2.45, 2.75) is 23.8 Å². The van der Waals surface area contributed by atoms with Gasteiger partial charge >= 0.3 is 0 Å². The maximum atomic E-state index is 13.1. The molecule has 0 bridgehead atoms. The van der Waals surface area contributed by atoms with Crippen LogP contribution in [0.1, 0.15) is 33.6 Å². The molecule has 170 valence electrons. The summed E-state index contributed by atoms with van der Waals surface area (Å²) in [4.78, 5) is 24.8. The lowest BCUT2D eigenvalue weighted by atomic mass is 10.1. The fraction of sp³-hybridized carbons (Fsp3) is 0.167. The van der Waals surface area contributed by atoms with Crippen molar-refractivity contribution in [3.8, 4) is 0 Å². The number of hydrogen-bond acceptors (Lipinski definition) is 4. The van der Waals surface area contributed by atoms with Crippen LogP contribution >= 0.6 is 11.6 Å². The summed E-state index contributed by atoms with van der Waals surface area (Å²) in [5.41, 5.74) is 1.60. The summed E-state index contributed by atoms with van der Waals surface area (Å²) in [6.07, 6.45) is 2.01. The number of amides is 2. The van der Waals surface area contributed by atoms with Crippen molar-refractivity contribution >= 4 is 44.8 Å². The van der Waals surface area contributed by atoms with Crippen molar-refractivity contribution in [1.29, 1.82) is 0 Å². The van der Waals surface area contributed by atoms with Crippen LogP contribution in [0.5, 0.6) is 0 Å². The highest BCUT2D eigenvalue weighted by Gasteiger charge is 2.24. The van der Waals surface area contributed by atoms with Crippen molar-refractivity contribution in [3.05, 3.63) is 88.9 Å². The van der Waals surface area contributed by atoms with Gasteiger partial charge in [0.25, 0.3) is 21.8 Å². The molecule has 2 N–H and O–H groups in total. The van der Waals surface area contributed by atoms with E-state index in [1.54, 1.807) is 48.5 Å². The largest absolute Gasteiger partial charge is 0.349 e. The lowest BCUT2D eigenvalue weighted by Crippen LogP contribution is -2.27. The van der Waals surface area contributed by atoms with Gasteiger partial charge in [-0.3, -0.25) is 13.9 Å². The summed E-state index contributed by atoms with van der Waals surface area (Å²) in [5.74, 6) is -0.607. The molecule has 1 saturated carbocycles. The van der Waals surface area contributed by atoms with Crippen LogP contribution < -0.4 is 14.9 Å². The number of sulfonamides is 1. The van der Waals surface area contributed by atoms with Crippen molar-refractivity contribution in [2.75, 3.05) is 16.7 Å². The minimum Gasteiger partial charge on any atom is -0.349 e. The van der Waals surface area contributed by atoms with Crippen LogP contribution in [-0.4, -0.2) is 33.3 Å². The van der Waals surface area contributed by atoms with Crippen molar-refractivity contribution in [2.24, 2.45) is 0 Å². The first kappa shape index (κ1) is 22.8. The Bertz CT molecular complexity index is 1310. The number of hydrogen-bond donors (Lipinski definition) is 2. The van der Waals surface area contributed by atoms with Crippen molar-refractivity contribution < 1.29 is 18.0 Å². The Balaban J connectivity index is 1.48. The minimum atomic E-state index is -3.91. The van der Waals surface area contributed by atoms with E-state index in [1.807, 2.05) is 0 Å².